The Morgan fingerprint density at radius 2 is 1.81 bits per heavy atom. The topological polar surface area (TPSA) is 101 Å². The van der Waals surface area contributed by atoms with Crippen molar-refractivity contribution >= 4 is 21.7 Å². The molecule has 0 radical (unpaired) electrons. The molecule has 6 nitrogen and oxygen atoms in total. The van der Waals surface area contributed by atoms with Crippen LogP contribution in [0.1, 0.15) is 30.5 Å². The van der Waals surface area contributed by atoms with Crippen LogP contribution in [0.15, 0.2) is 53.4 Å². The van der Waals surface area contributed by atoms with E-state index in [0.29, 0.717) is 11.1 Å². The number of sulfone groups is 1. The minimum atomic E-state index is -3.39. The van der Waals surface area contributed by atoms with Crippen molar-refractivity contribution in [3.05, 3.63) is 65.5 Å². The van der Waals surface area contributed by atoms with Gasteiger partial charge in [-0.15, -0.1) is 0 Å². The van der Waals surface area contributed by atoms with Crippen LogP contribution >= 0.6 is 0 Å². The molecule has 0 aliphatic rings. The van der Waals surface area contributed by atoms with Crippen LogP contribution in [0.4, 0.5) is 4.39 Å². The van der Waals surface area contributed by atoms with Gasteiger partial charge < -0.3 is 10.4 Å². The summed E-state index contributed by atoms with van der Waals surface area (Å²) < 4.78 is 37.0. The van der Waals surface area contributed by atoms with Gasteiger partial charge in [0.05, 0.1) is 29.5 Å². The van der Waals surface area contributed by atoms with Crippen molar-refractivity contribution < 1.29 is 27.5 Å². The monoisotopic (exact) mass is 393 g/mol. The summed E-state index contributed by atoms with van der Waals surface area (Å²) in [5.74, 6) is -2.08. The highest BCUT2D eigenvalue weighted by Crippen LogP contribution is 2.18. The molecule has 0 spiro atoms. The number of carboxylic acid groups (broad SMARTS) is 1. The Morgan fingerprint density at radius 3 is 2.41 bits per heavy atom. The van der Waals surface area contributed by atoms with Crippen molar-refractivity contribution in [1.29, 1.82) is 0 Å². The summed E-state index contributed by atoms with van der Waals surface area (Å²) in [7, 11) is -3.39. The van der Waals surface area contributed by atoms with E-state index in [1.165, 1.54) is 43.3 Å². The maximum absolute atomic E-state index is 13.1. The van der Waals surface area contributed by atoms with Crippen molar-refractivity contribution in [2.24, 2.45) is 0 Å². The zero-order valence-electron chi connectivity index (χ0n) is 14.7. The number of halogens is 1. The number of hydrogen-bond acceptors (Lipinski definition) is 4. The van der Waals surface area contributed by atoms with E-state index < -0.39 is 33.6 Å². The van der Waals surface area contributed by atoms with Gasteiger partial charge in [-0.05, 0) is 35.4 Å². The molecule has 1 atom stereocenters. The Labute approximate surface area is 157 Å². The summed E-state index contributed by atoms with van der Waals surface area (Å²) in [6, 6.07) is 10.5. The SMILES string of the molecule is CCS(=O)(=O)c1cccc(CC(=O)NC(CC(=O)O)c2ccc(F)cc2)c1. The van der Waals surface area contributed by atoms with E-state index in [1.54, 1.807) is 12.1 Å². The average molecular weight is 393 g/mol. The van der Waals surface area contributed by atoms with Crippen LogP contribution in [0.25, 0.3) is 0 Å². The van der Waals surface area contributed by atoms with Crippen molar-refractivity contribution in [3.8, 4) is 0 Å². The Kier molecular flexibility index (Phi) is 6.68. The molecule has 144 valence electrons. The number of hydrogen-bond donors (Lipinski definition) is 2. The van der Waals surface area contributed by atoms with E-state index in [0.717, 1.165) is 0 Å². The second-order valence-electron chi connectivity index (χ2n) is 6.00. The molecule has 27 heavy (non-hydrogen) atoms. The zero-order chi connectivity index (χ0) is 20.0. The molecule has 0 aromatic heterocycles. The lowest BCUT2D eigenvalue weighted by Crippen LogP contribution is -2.31. The maximum Gasteiger partial charge on any atom is 0.305 e. The summed E-state index contributed by atoms with van der Waals surface area (Å²) in [5.41, 5.74) is 0.963. The van der Waals surface area contributed by atoms with E-state index in [1.807, 2.05) is 0 Å². The van der Waals surface area contributed by atoms with E-state index in [2.05, 4.69) is 5.32 Å². The van der Waals surface area contributed by atoms with Gasteiger partial charge in [0.15, 0.2) is 9.84 Å². The third kappa shape index (κ3) is 5.89. The van der Waals surface area contributed by atoms with Gasteiger partial charge in [0.25, 0.3) is 0 Å². The molecule has 2 rings (SSSR count). The highest BCUT2D eigenvalue weighted by molar-refractivity contribution is 7.91. The number of amides is 1. The van der Waals surface area contributed by atoms with E-state index in [4.69, 9.17) is 5.11 Å². The van der Waals surface area contributed by atoms with Gasteiger partial charge in [-0.25, -0.2) is 12.8 Å². The molecular weight excluding hydrogens is 373 g/mol. The molecule has 1 unspecified atom stereocenters. The minimum Gasteiger partial charge on any atom is -0.481 e. The number of nitrogens with one attached hydrogen (secondary N) is 1. The molecule has 2 N–H and O–H groups in total. The lowest BCUT2D eigenvalue weighted by Gasteiger charge is -2.17. The molecule has 0 fully saturated rings. The van der Waals surface area contributed by atoms with E-state index in [9.17, 15) is 22.4 Å². The maximum atomic E-state index is 13.1. The number of benzene rings is 2. The third-order valence-corrected chi connectivity index (χ3v) is 5.72. The van der Waals surface area contributed by atoms with Crippen LogP contribution in [0.2, 0.25) is 0 Å². The van der Waals surface area contributed by atoms with Gasteiger partial charge in [0, 0.05) is 0 Å². The van der Waals surface area contributed by atoms with E-state index in [-0.39, 0.29) is 23.5 Å². The average Bonchev–Trinajstić information content (AvgIpc) is 2.61. The molecule has 0 aliphatic carbocycles. The second-order valence-corrected chi connectivity index (χ2v) is 8.28. The van der Waals surface area contributed by atoms with Crippen molar-refractivity contribution in [2.45, 2.75) is 30.7 Å². The minimum absolute atomic E-state index is 0.0477. The molecule has 0 heterocycles. The first-order valence-corrected chi connectivity index (χ1v) is 9.95. The number of carboxylic acids is 1. The van der Waals surface area contributed by atoms with E-state index >= 15 is 0 Å². The summed E-state index contributed by atoms with van der Waals surface area (Å²) in [6.07, 6.45) is -0.466. The Morgan fingerprint density at radius 1 is 1.15 bits per heavy atom. The lowest BCUT2D eigenvalue weighted by molar-refractivity contribution is -0.137. The highest BCUT2D eigenvalue weighted by Gasteiger charge is 2.19. The fourth-order valence-corrected chi connectivity index (χ4v) is 3.52. The predicted molar refractivity (Wildman–Crippen MR) is 97.4 cm³/mol. The smallest absolute Gasteiger partial charge is 0.305 e. The van der Waals surface area contributed by atoms with Crippen LogP contribution in [-0.4, -0.2) is 31.2 Å². The van der Waals surface area contributed by atoms with Gasteiger partial charge in [-0.1, -0.05) is 31.2 Å². The van der Waals surface area contributed by atoms with Gasteiger partial charge in [-0.2, -0.15) is 0 Å². The normalized spacial score (nSPS) is 12.4. The number of carbonyl (C=O) groups is 2. The van der Waals surface area contributed by atoms with Gasteiger partial charge in [0.1, 0.15) is 5.82 Å². The molecule has 1 amide bonds. The van der Waals surface area contributed by atoms with Crippen molar-refractivity contribution in [3.63, 3.8) is 0 Å². The van der Waals surface area contributed by atoms with Crippen LogP contribution in [0.5, 0.6) is 0 Å². The molecule has 2 aromatic rings. The first-order valence-electron chi connectivity index (χ1n) is 8.29. The highest BCUT2D eigenvalue weighted by atomic mass is 32.2. The van der Waals surface area contributed by atoms with Gasteiger partial charge in [0.2, 0.25) is 5.91 Å². The van der Waals surface area contributed by atoms with Crippen LogP contribution < -0.4 is 5.32 Å². The standard InChI is InChI=1S/C19H20FNO5S/c1-2-27(25,26)16-5-3-4-13(10-16)11-18(22)21-17(12-19(23)24)14-6-8-15(20)9-7-14/h3-10,17H,2,11-12H2,1H3,(H,21,22)(H,23,24). The fraction of sp³-hybridized carbons (Fsp3) is 0.263. The molecular formula is C19H20FNO5S. The third-order valence-electron chi connectivity index (χ3n) is 3.99. The largest absolute Gasteiger partial charge is 0.481 e. The number of aliphatic carboxylic acids is 1. The predicted octanol–water partition coefficient (Wildman–Crippen LogP) is 2.49. The quantitative estimate of drug-likeness (QED) is 0.718. The molecule has 0 saturated heterocycles. The van der Waals surface area contributed by atoms with Gasteiger partial charge >= 0.3 is 5.97 Å². The molecule has 0 saturated carbocycles. The summed E-state index contributed by atoms with van der Waals surface area (Å²) >= 11 is 0. The first-order chi connectivity index (χ1) is 12.7. The Hall–Kier alpha value is -2.74. The Balaban J connectivity index is 2.15. The first kappa shape index (κ1) is 20.6. The second kappa shape index (κ2) is 8.77. The zero-order valence-corrected chi connectivity index (χ0v) is 15.5. The summed E-state index contributed by atoms with van der Waals surface area (Å²) in [5, 5.41) is 11.7. The van der Waals surface area contributed by atoms with Gasteiger partial charge in [-0.3, -0.25) is 9.59 Å². The number of carbonyl (C=O) groups excluding carboxylic acids is 1. The number of rotatable bonds is 8. The lowest BCUT2D eigenvalue weighted by atomic mass is 10.0. The molecule has 0 aliphatic heterocycles. The molecule has 8 heteroatoms. The van der Waals surface area contributed by atoms with Crippen molar-refractivity contribution in [1.82, 2.24) is 5.32 Å². The molecule has 2 aromatic carbocycles. The summed E-state index contributed by atoms with van der Waals surface area (Å²) in [4.78, 5) is 23.6. The van der Waals surface area contributed by atoms with Crippen LogP contribution in [0.3, 0.4) is 0 Å². The van der Waals surface area contributed by atoms with Crippen LogP contribution in [0, 0.1) is 5.82 Å². The van der Waals surface area contributed by atoms with Crippen LogP contribution in [-0.2, 0) is 25.8 Å². The summed E-state index contributed by atoms with van der Waals surface area (Å²) in [6.45, 7) is 1.54. The molecule has 0 bridgehead atoms. The Bertz CT molecular complexity index is 925. The van der Waals surface area contributed by atoms with Crippen molar-refractivity contribution in [2.75, 3.05) is 5.75 Å². The fourth-order valence-electron chi connectivity index (χ4n) is 2.57.